The number of ether oxygens (including phenoxy) is 1. The maximum atomic E-state index is 5.85. The second kappa shape index (κ2) is 7.90. The fraction of sp³-hybridized carbons (Fsp3) is 0.647. The van der Waals surface area contributed by atoms with Gasteiger partial charge in [-0.05, 0) is 61.4 Å². The summed E-state index contributed by atoms with van der Waals surface area (Å²) in [5.74, 6) is 1.79. The second-order valence-corrected chi connectivity index (χ2v) is 6.62. The summed E-state index contributed by atoms with van der Waals surface area (Å²) in [6.45, 7) is 9.88. The van der Waals surface area contributed by atoms with E-state index in [1.165, 1.54) is 24.9 Å². The van der Waals surface area contributed by atoms with Crippen LogP contribution in [0.1, 0.15) is 45.6 Å². The molecule has 1 unspecified atom stereocenters. The lowest BCUT2D eigenvalue weighted by molar-refractivity contribution is 0.254. The van der Waals surface area contributed by atoms with E-state index in [-0.39, 0.29) is 17.8 Å². The molecule has 0 spiro atoms. The van der Waals surface area contributed by atoms with Crippen molar-refractivity contribution in [2.24, 2.45) is 5.92 Å². The van der Waals surface area contributed by atoms with Gasteiger partial charge >= 0.3 is 0 Å². The Labute approximate surface area is 129 Å². The molecular formula is C17H28ClNO. The molecule has 1 N–H and O–H groups in total. The normalized spacial score (nSPS) is 19.2. The van der Waals surface area contributed by atoms with Gasteiger partial charge in [-0.1, -0.05) is 32.9 Å². The summed E-state index contributed by atoms with van der Waals surface area (Å²) in [4.78, 5) is 0. The zero-order chi connectivity index (χ0) is 13.7. The highest BCUT2D eigenvalue weighted by atomic mass is 35.5. The first-order valence-electron chi connectivity index (χ1n) is 7.50. The van der Waals surface area contributed by atoms with E-state index in [1.807, 2.05) is 0 Å². The molecule has 1 atom stereocenters. The van der Waals surface area contributed by atoms with E-state index in [0.717, 1.165) is 31.2 Å². The lowest BCUT2D eigenvalue weighted by Gasteiger charge is -2.22. The smallest absolute Gasteiger partial charge is 0.119 e. The minimum atomic E-state index is 0. The van der Waals surface area contributed by atoms with Crippen LogP contribution in [0.4, 0.5) is 0 Å². The molecule has 2 nitrogen and oxygen atoms in total. The summed E-state index contributed by atoms with van der Waals surface area (Å²) in [6.07, 6.45) is 3.82. The topological polar surface area (TPSA) is 21.3 Å². The van der Waals surface area contributed by atoms with E-state index >= 15 is 0 Å². The van der Waals surface area contributed by atoms with Crippen molar-refractivity contribution < 1.29 is 4.74 Å². The predicted molar refractivity (Wildman–Crippen MR) is 88.1 cm³/mol. The van der Waals surface area contributed by atoms with Crippen molar-refractivity contribution in [1.29, 1.82) is 0 Å². The average molecular weight is 298 g/mol. The Hall–Kier alpha value is -0.730. The van der Waals surface area contributed by atoms with Gasteiger partial charge in [0.1, 0.15) is 5.75 Å². The maximum absolute atomic E-state index is 5.85. The van der Waals surface area contributed by atoms with Crippen LogP contribution in [0, 0.1) is 5.92 Å². The van der Waals surface area contributed by atoms with Crippen LogP contribution in [0.3, 0.4) is 0 Å². The van der Waals surface area contributed by atoms with Crippen LogP contribution >= 0.6 is 12.4 Å². The summed E-state index contributed by atoms with van der Waals surface area (Å²) < 4.78 is 5.85. The van der Waals surface area contributed by atoms with Gasteiger partial charge in [-0.25, -0.2) is 0 Å². The molecule has 0 amide bonds. The zero-order valence-corrected chi connectivity index (χ0v) is 13.8. The molecule has 1 aromatic rings. The van der Waals surface area contributed by atoms with Crippen LogP contribution in [0.5, 0.6) is 5.75 Å². The molecule has 0 aromatic heterocycles. The molecule has 1 fully saturated rings. The molecule has 1 aliphatic heterocycles. The van der Waals surface area contributed by atoms with Gasteiger partial charge in [-0.2, -0.15) is 0 Å². The van der Waals surface area contributed by atoms with Gasteiger partial charge in [0.05, 0.1) is 6.61 Å². The Morgan fingerprint density at radius 1 is 1.20 bits per heavy atom. The molecule has 1 aromatic carbocycles. The fourth-order valence-corrected chi connectivity index (χ4v) is 2.56. The van der Waals surface area contributed by atoms with Gasteiger partial charge in [0.2, 0.25) is 0 Å². The Morgan fingerprint density at radius 2 is 1.90 bits per heavy atom. The van der Waals surface area contributed by atoms with E-state index in [1.54, 1.807) is 0 Å². The third-order valence-corrected chi connectivity index (χ3v) is 3.91. The first-order chi connectivity index (χ1) is 9.05. The third-order valence-electron chi connectivity index (χ3n) is 3.91. The van der Waals surface area contributed by atoms with Gasteiger partial charge in [-0.3, -0.25) is 0 Å². The van der Waals surface area contributed by atoms with E-state index < -0.39 is 0 Å². The van der Waals surface area contributed by atoms with Crippen molar-refractivity contribution in [2.45, 2.75) is 45.4 Å². The standard InChI is InChI=1S/C17H27NO.ClH/c1-17(2,3)15-6-8-16(9-7-15)19-12-10-14-5-4-11-18-13-14;/h6-9,14,18H,4-5,10-13H2,1-3H3;1H. The van der Waals surface area contributed by atoms with Gasteiger partial charge in [0.25, 0.3) is 0 Å². The van der Waals surface area contributed by atoms with Crippen LogP contribution in [-0.4, -0.2) is 19.7 Å². The molecule has 1 heterocycles. The summed E-state index contributed by atoms with van der Waals surface area (Å²) in [5, 5.41) is 3.45. The number of piperidine rings is 1. The largest absolute Gasteiger partial charge is 0.494 e. The van der Waals surface area contributed by atoms with Crippen LogP contribution < -0.4 is 10.1 Å². The molecule has 0 aliphatic carbocycles. The fourth-order valence-electron chi connectivity index (χ4n) is 2.56. The number of benzene rings is 1. The molecule has 1 aliphatic rings. The molecule has 20 heavy (non-hydrogen) atoms. The SMILES string of the molecule is CC(C)(C)c1ccc(OCCC2CCCNC2)cc1.Cl. The average Bonchev–Trinajstić information content (AvgIpc) is 2.39. The zero-order valence-electron chi connectivity index (χ0n) is 12.9. The highest BCUT2D eigenvalue weighted by Crippen LogP contribution is 2.24. The van der Waals surface area contributed by atoms with Crippen molar-refractivity contribution in [1.82, 2.24) is 5.32 Å². The third kappa shape index (κ3) is 5.34. The number of halogens is 1. The predicted octanol–water partition coefficient (Wildman–Crippen LogP) is 4.17. The Morgan fingerprint density at radius 3 is 2.45 bits per heavy atom. The number of nitrogens with one attached hydrogen (secondary N) is 1. The van der Waals surface area contributed by atoms with Crippen molar-refractivity contribution in [2.75, 3.05) is 19.7 Å². The van der Waals surface area contributed by atoms with Crippen LogP contribution in [-0.2, 0) is 5.41 Å². The van der Waals surface area contributed by atoms with Crippen LogP contribution in [0.25, 0.3) is 0 Å². The van der Waals surface area contributed by atoms with E-state index in [4.69, 9.17) is 4.74 Å². The van der Waals surface area contributed by atoms with Crippen LogP contribution in [0.2, 0.25) is 0 Å². The maximum Gasteiger partial charge on any atom is 0.119 e. The van der Waals surface area contributed by atoms with Crippen molar-refractivity contribution in [3.63, 3.8) is 0 Å². The monoisotopic (exact) mass is 297 g/mol. The summed E-state index contributed by atoms with van der Waals surface area (Å²) in [7, 11) is 0. The molecule has 2 rings (SSSR count). The van der Waals surface area contributed by atoms with Crippen molar-refractivity contribution >= 4 is 12.4 Å². The van der Waals surface area contributed by atoms with Gasteiger partial charge < -0.3 is 10.1 Å². The quantitative estimate of drug-likeness (QED) is 0.900. The highest BCUT2D eigenvalue weighted by Gasteiger charge is 2.14. The second-order valence-electron chi connectivity index (χ2n) is 6.62. The molecule has 0 bridgehead atoms. The lowest BCUT2D eigenvalue weighted by atomic mass is 9.87. The molecular weight excluding hydrogens is 270 g/mol. The Kier molecular flexibility index (Phi) is 6.84. The van der Waals surface area contributed by atoms with Gasteiger partial charge in [0, 0.05) is 0 Å². The minimum Gasteiger partial charge on any atom is -0.494 e. The molecule has 0 saturated carbocycles. The van der Waals surface area contributed by atoms with Crippen molar-refractivity contribution in [3.8, 4) is 5.75 Å². The van der Waals surface area contributed by atoms with Crippen molar-refractivity contribution in [3.05, 3.63) is 29.8 Å². The number of hydrogen-bond donors (Lipinski definition) is 1. The molecule has 3 heteroatoms. The molecule has 0 radical (unpaired) electrons. The summed E-state index contributed by atoms with van der Waals surface area (Å²) in [5.41, 5.74) is 1.57. The first-order valence-corrected chi connectivity index (χ1v) is 7.50. The number of hydrogen-bond acceptors (Lipinski definition) is 2. The minimum absolute atomic E-state index is 0. The van der Waals surface area contributed by atoms with Gasteiger partial charge in [0.15, 0.2) is 0 Å². The summed E-state index contributed by atoms with van der Waals surface area (Å²) >= 11 is 0. The van der Waals surface area contributed by atoms with E-state index in [9.17, 15) is 0 Å². The molecule has 114 valence electrons. The van der Waals surface area contributed by atoms with E-state index in [2.05, 4.69) is 50.4 Å². The van der Waals surface area contributed by atoms with Crippen LogP contribution in [0.15, 0.2) is 24.3 Å². The Balaban J connectivity index is 0.00000200. The molecule has 1 saturated heterocycles. The summed E-state index contributed by atoms with van der Waals surface area (Å²) in [6, 6.07) is 8.55. The Bertz CT molecular complexity index is 377. The van der Waals surface area contributed by atoms with Gasteiger partial charge in [-0.15, -0.1) is 12.4 Å². The number of rotatable bonds is 4. The van der Waals surface area contributed by atoms with E-state index in [0.29, 0.717) is 0 Å². The first kappa shape index (κ1) is 17.3. The highest BCUT2D eigenvalue weighted by molar-refractivity contribution is 5.85. The lowest BCUT2D eigenvalue weighted by Crippen LogP contribution is -2.30.